The molecule has 0 bridgehead atoms. The number of carbonyl (C=O) groups is 2. The molecule has 0 rings (SSSR count). The number of hydrogen-bond acceptors (Lipinski definition) is 5. The van der Waals surface area contributed by atoms with Crippen molar-refractivity contribution in [2.24, 2.45) is 0 Å². The molecule has 2 amide bonds. The normalized spacial score (nSPS) is 13.3. The molecule has 0 saturated heterocycles. The molecule has 2 atom stereocenters. The van der Waals surface area contributed by atoms with Crippen molar-refractivity contribution in [1.29, 1.82) is 0 Å². The van der Waals surface area contributed by atoms with Crippen molar-refractivity contribution in [2.75, 3.05) is 13.2 Å². The summed E-state index contributed by atoms with van der Waals surface area (Å²) in [7, 11) is 0. The summed E-state index contributed by atoms with van der Waals surface area (Å²) in [5.41, 5.74) is -2.06. The van der Waals surface area contributed by atoms with Crippen LogP contribution < -0.4 is 10.6 Å². The zero-order valence-electron chi connectivity index (χ0n) is 50.1. The molecule has 0 heterocycles. The van der Waals surface area contributed by atoms with Crippen LogP contribution in [0.25, 0.3) is 0 Å². The van der Waals surface area contributed by atoms with Crippen molar-refractivity contribution >= 4 is 11.8 Å². The Bertz CT molecular complexity index is 1040. The van der Waals surface area contributed by atoms with Gasteiger partial charge < -0.3 is 25.6 Å². The van der Waals surface area contributed by atoms with Crippen molar-refractivity contribution in [1.82, 2.24) is 10.6 Å². The van der Waals surface area contributed by atoms with E-state index >= 15 is 0 Å². The summed E-state index contributed by atoms with van der Waals surface area (Å²) in [4.78, 5) is 25.4. The number of carbonyl (C=O) groups excluding carboxylic acids is 2. The molecule has 0 aliphatic heterocycles. The number of unbranched alkanes of at least 4 members (excludes halogenated alkanes) is 44. The predicted octanol–water partition coefficient (Wildman–Crippen LogP) is 20.5. The summed E-state index contributed by atoms with van der Waals surface area (Å²) in [5.74, 6) is 0.0615. The van der Waals surface area contributed by atoms with E-state index in [1.165, 1.54) is 257 Å². The van der Waals surface area contributed by atoms with E-state index < -0.39 is 11.4 Å². The van der Waals surface area contributed by atoms with Crippen molar-refractivity contribution < 1.29 is 24.5 Å². The van der Waals surface area contributed by atoms with Crippen LogP contribution in [0.1, 0.15) is 387 Å². The average Bonchev–Trinajstić information content (AvgIpc) is 3.36. The lowest BCUT2D eigenvalue weighted by molar-refractivity contribution is -0.131. The number of amides is 2. The van der Waals surface area contributed by atoms with Gasteiger partial charge in [-0.25, -0.2) is 0 Å². The van der Waals surface area contributed by atoms with Crippen LogP contribution in [0.3, 0.4) is 0 Å². The molecule has 0 spiro atoms. The van der Waals surface area contributed by atoms with Crippen molar-refractivity contribution in [3.63, 3.8) is 0 Å². The van der Waals surface area contributed by atoms with Crippen molar-refractivity contribution in [2.45, 2.75) is 399 Å². The van der Waals surface area contributed by atoms with Crippen LogP contribution in [0.15, 0.2) is 0 Å². The van der Waals surface area contributed by atoms with Gasteiger partial charge in [0.05, 0.1) is 0 Å². The van der Waals surface area contributed by atoms with Crippen LogP contribution in [0.2, 0.25) is 0 Å². The first-order valence-corrected chi connectivity index (χ1v) is 33.4. The highest BCUT2D eigenvalue weighted by Gasteiger charge is 2.28. The molecule has 0 aromatic carbocycles. The molecule has 0 saturated carbocycles. The van der Waals surface area contributed by atoms with Crippen LogP contribution in [0.4, 0.5) is 0 Å². The number of rotatable bonds is 62. The summed E-state index contributed by atoms with van der Waals surface area (Å²) in [6.07, 6.45) is 67.0. The van der Waals surface area contributed by atoms with E-state index in [0.717, 1.165) is 77.4 Å². The minimum absolute atomic E-state index is 0.0308. The fourth-order valence-electron chi connectivity index (χ4n) is 11.1. The highest BCUT2D eigenvalue weighted by molar-refractivity contribution is 5.76. The number of ether oxygens (including phenoxy) is 1. The van der Waals surface area contributed by atoms with E-state index in [9.17, 15) is 19.8 Å². The van der Waals surface area contributed by atoms with Crippen LogP contribution in [0, 0.1) is 0 Å². The van der Waals surface area contributed by atoms with Gasteiger partial charge in [-0.15, -0.1) is 0 Å². The lowest BCUT2D eigenvalue weighted by Crippen LogP contribution is -2.48. The Labute approximate surface area is 457 Å². The molecule has 436 valence electrons. The minimum Gasteiger partial charge on any atom is -0.381 e. The first-order valence-electron chi connectivity index (χ1n) is 33.4. The van der Waals surface area contributed by atoms with Gasteiger partial charge in [0.15, 0.2) is 0 Å². The predicted molar refractivity (Wildman–Crippen MR) is 318 cm³/mol. The summed E-state index contributed by atoms with van der Waals surface area (Å²) in [6.45, 7) is 10.6. The maximum absolute atomic E-state index is 12.7. The highest BCUT2D eigenvalue weighted by Crippen LogP contribution is 2.23. The molecule has 73 heavy (non-hydrogen) atoms. The third-order valence-corrected chi connectivity index (χ3v) is 15.8. The van der Waals surface area contributed by atoms with Crippen LogP contribution in [0.5, 0.6) is 0 Å². The van der Waals surface area contributed by atoms with E-state index in [-0.39, 0.29) is 11.8 Å². The topological polar surface area (TPSA) is 108 Å². The van der Waals surface area contributed by atoms with Crippen LogP contribution >= 0.6 is 0 Å². The van der Waals surface area contributed by atoms with Crippen molar-refractivity contribution in [3.05, 3.63) is 0 Å². The third kappa shape index (κ3) is 54.0. The molecule has 7 heteroatoms. The summed E-state index contributed by atoms with van der Waals surface area (Å²) < 4.78 is 5.95. The molecule has 2 unspecified atom stereocenters. The maximum atomic E-state index is 12.7. The Hall–Kier alpha value is -1.18. The zero-order valence-corrected chi connectivity index (χ0v) is 50.1. The standard InChI is InChI=1S/C66H132N2O5/c1-5-9-11-13-15-17-19-21-25-31-37-43-49-55-63(69)67-65(71,57-7-3)59-51-45-39-33-27-23-29-35-41-47-53-61-73-62-54-48-42-36-30-24-28-34-40-46-52-60-66(72,58-8-4)68-64(70)56-50-44-38-32-26-22-20-18-16-14-12-10-6-2/h71-72H,5-62H2,1-4H3,(H,67,69)(H,68,70). The van der Waals surface area contributed by atoms with Crippen LogP contribution in [-0.2, 0) is 14.3 Å². The largest absolute Gasteiger partial charge is 0.381 e. The highest BCUT2D eigenvalue weighted by atomic mass is 16.5. The Morgan fingerprint density at radius 3 is 0.712 bits per heavy atom. The third-order valence-electron chi connectivity index (χ3n) is 15.8. The molecule has 7 nitrogen and oxygen atoms in total. The molecule has 0 aliphatic carbocycles. The van der Waals surface area contributed by atoms with Gasteiger partial charge in [-0.1, -0.05) is 310 Å². The van der Waals surface area contributed by atoms with Gasteiger partial charge in [-0.05, 0) is 64.2 Å². The van der Waals surface area contributed by atoms with Gasteiger partial charge in [0, 0.05) is 26.1 Å². The Morgan fingerprint density at radius 2 is 0.479 bits per heavy atom. The maximum Gasteiger partial charge on any atom is 0.222 e. The van der Waals surface area contributed by atoms with E-state index in [0.29, 0.717) is 38.5 Å². The van der Waals surface area contributed by atoms with Gasteiger partial charge >= 0.3 is 0 Å². The van der Waals surface area contributed by atoms with E-state index in [2.05, 4.69) is 38.3 Å². The number of nitrogens with one attached hydrogen (secondary N) is 2. The SMILES string of the molecule is CCCCCCCCCCCCCCCC(=O)NC(O)(CCC)CCCCCCCCCCCCCOCCCCCCCCCCCCCC(O)(CCC)NC(=O)CCCCCCCCCCCCCCC. The van der Waals surface area contributed by atoms with Gasteiger partial charge in [-0.3, -0.25) is 9.59 Å². The molecule has 0 fully saturated rings. The number of hydrogen-bond donors (Lipinski definition) is 4. The molecule has 4 N–H and O–H groups in total. The molecule has 0 aliphatic rings. The van der Waals surface area contributed by atoms with E-state index in [1.807, 2.05) is 0 Å². The quantitative estimate of drug-likeness (QED) is 0.0359. The molecular weight excluding hydrogens is 901 g/mol. The lowest BCUT2D eigenvalue weighted by atomic mass is 9.98. The average molecular weight is 1030 g/mol. The second-order valence-electron chi connectivity index (χ2n) is 23.5. The Kier molecular flexibility index (Phi) is 56.1. The van der Waals surface area contributed by atoms with Crippen LogP contribution in [-0.4, -0.2) is 46.7 Å². The zero-order chi connectivity index (χ0) is 53.3. The van der Waals surface area contributed by atoms with Gasteiger partial charge in [-0.2, -0.15) is 0 Å². The lowest BCUT2D eigenvalue weighted by Gasteiger charge is -2.29. The molecule has 0 radical (unpaired) electrons. The smallest absolute Gasteiger partial charge is 0.222 e. The van der Waals surface area contributed by atoms with Gasteiger partial charge in [0.1, 0.15) is 11.4 Å². The summed E-state index contributed by atoms with van der Waals surface area (Å²) in [5, 5.41) is 28.4. The fraction of sp³-hybridized carbons (Fsp3) is 0.970. The molecular formula is C66H132N2O5. The van der Waals surface area contributed by atoms with Crippen molar-refractivity contribution in [3.8, 4) is 0 Å². The second kappa shape index (κ2) is 57.0. The van der Waals surface area contributed by atoms with Gasteiger partial charge in [0.2, 0.25) is 11.8 Å². The van der Waals surface area contributed by atoms with Gasteiger partial charge in [0.25, 0.3) is 0 Å². The Morgan fingerprint density at radius 1 is 0.274 bits per heavy atom. The minimum atomic E-state index is -1.03. The van der Waals surface area contributed by atoms with E-state index in [1.54, 1.807) is 0 Å². The second-order valence-corrected chi connectivity index (χ2v) is 23.5. The molecule has 0 aromatic rings. The molecule has 0 aromatic heterocycles. The fourth-order valence-corrected chi connectivity index (χ4v) is 11.1. The first kappa shape index (κ1) is 71.8. The monoisotopic (exact) mass is 1030 g/mol. The first-order chi connectivity index (χ1) is 35.7. The summed E-state index contributed by atoms with van der Waals surface area (Å²) in [6, 6.07) is 0. The van der Waals surface area contributed by atoms with E-state index in [4.69, 9.17) is 4.74 Å². The number of aliphatic hydroxyl groups is 2. The Balaban J connectivity index is 3.59. The summed E-state index contributed by atoms with van der Waals surface area (Å²) >= 11 is 0.